The van der Waals surface area contributed by atoms with Gasteiger partial charge in [-0.15, -0.1) is 6.58 Å². The lowest BCUT2D eigenvalue weighted by atomic mass is 9.78. The molecule has 38 heavy (non-hydrogen) atoms. The number of amides is 2. The number of carbonyl (C=O) groups is 3. The summed E-state index contributed by atoms with van der Waals surface area (Å²) in [4.78, 5) is 40.7. The molecule has 9 nitrogen and oxygen atoms in total. The second-order valence-electron chi connectivity index (χ2n) is 10.2. The molecule has 1 saturated heterocycles. The largest absolute Gasteiger partial charge is 0.460 e. The summed E-state index contributed by atoms with van der Waals surface area (Å²) in [5.41, 5.74) is 6.83. The van der Waals surface area contributed by atoms with Crippen LogP contribution >= 0.6 is 0 Å². The molecule has 0 spiro atoms. The van der Waals surface area contributed by atoms with Gasteiger partial charge in [0.15, 0.2) is 0 Å². The number of ether oxygens (including phenoxy) is 1. The van der Waals surface area contributed by atoms with Gasteiger partial charge < -0.3 is 30.2 Å². The number of anilines is 1. The molecule has 10 heteroatoms. The van der Waals surface area contributed by atoms with Crippen molar-refractivity contribution in [3.8, 4) is 0 Å². The fourth-order valence-electron chi connectivity index (χ4n) is 5.54. The highest BCUT2D eigenvalue weighted by Gasteiger charge is 2.43. The Labute approximate surface area is 221 Å². The van der Waals surface area contributed by atoms with Gasteiger partial charge in [0.25, 0.3) is 0 Å². The van der Waals surface area contributed by atoms with Gasteiger partial charge in [-0.2, -0.15) is 0 Å². The molecule has 0 radical (unpaired) electrons. The lowest BCUT2D eigenvalue weighted by Gasteiger charge is -2.34. The van der Waals surface area contributed by atoms with Crippen molar-refractivity contribution in [1.82, 2.24) is 4.90 Å². The van der Waals surface area contributed by atoms with Gasteiger partial charge in [0.1, 0.15) is 18.3 Å². The van der Waals surface area contributed by atoms with E-state index in [-0.39, 0.29) is 48.5 Å². The van der Waals surface area contributed by atoms with Gasteiger partial charge in [0.2, 0.25) is 17.6 Å². The molecule has 4 rings (SSSR count). The lowest BCUT2D eigenvalue weighted by Crippen LogP contribution is -2.48. The molecular weight excluding hydrogens is 493 g/mol. The number of halogens is 1. The number of alkyl halides is 1. The van der Waals surface area contributed by atoms with Crippen LogP contribution in [0.4, 0.5) is 10.1 Å². The van der Waals surface area contributed by atoms with E-state index < -0.39 is 24.7 Å². The summed E-state index contributed by atoms with van der Waals surface area (Å²) in [6.07, 6.45) is 5.41. The summed E-state index contributed by atoms with van der Waals surface area (Å²) in [7, 11) is 0. The number of esters is 1. The van der Waals surface area contributed by atoms with Crippen molar-refractivity contribution in [2.75, 3.05) is 31.7 Å². The first-order chi connectivity index (χ1) is 18.4. The molecule has 2 aliphatic rings. The number of benzene rings is 1. The first-order valence-corrected chi connectivity index (χ1v) is 13.2. The SMILES string of the molecule is C=C[C@H]1CCN(C(=O)C2CCC([C@H](N)CF)CC2)[C@@H]1C(=O)Nc1ccc2oc(C(=O)OCCCO)cc2c1. The Morgan fingerprint density at radius 3 is 2.68 bits per heavy atom. The van der Waals surface area contributed by atoms with Crippen LogP contribution < -0.4 is 11.1 Å². The summed E-state index contributed by atoms with van der Waals surface area (Å²) >= 11 is 0. The van der Waals surface area contributed by atoms with E-state index in [1.54, 1.807) is 29.2 Å². The first kappa shape index (κ1) is 27.8. The van der Waals surface area contributed by atoms with Crippen molar-refractivity contribution in [3.05, 3.63) is 42.7 Å². The van der Waals surface area contributed by atoms with E-state index in [2.05, 4.69) is 11.9 Å². The van der Waals surface area contributed by atoms with Crippen molar-refractivity contribution in [2.45, 2.75) is 50.6 Å². The zero-order chi connectivity index (χ0) is 27.2. The topological polar surface area (TPSA) is 135 Å². The van der Waals surface area contributed by atoms with Crippen LogP contribution in [-0.4, -0.2) is 66.3 Å². The summed E-state index contributed by atoms with van der Waals surface area (Å²) < 4.78 is 23.6. The van der Waals surface area contributed by atoms with Crippen LogP contribution in [0.1, 0.15) is 49.1 Å². The van der Waals surface area contributed by atoms with E-state index in [4.69, 9.17) is 20.0 Å². The third kappa shape index (κ3) is 6.07. The van der Waals surface area contributed by atoms with Gasteiger partial charge >= 0.3 is 5.97 Å². The Hall–Kier alpha value is -3.24. The van der Waals surface area contributed by atoms with E-state index in [1.165, 1.54) is 6.07 Å². The Bertz CT molecular complexity index is 1160. The molecule has 206 valence electrons. The molecule has 2 amide bonds. The Morgan fingerprint density at radius 1 is 1.24 bits per heavy atom. The molecule has 1 aromatic carbocycles. The zero-order valence-corrected chi connectivity index (χ0v) is 21.4. The maximum Gasteiger partial charge on any atom is 0.374 e. The van der Waals surface area contributed by atoms with Crippen molar-refractivity contribution in [2.24, 2.45) is 23.5 Å². The number of aliphatic hydroxyl groups is 1. The number of nitrogens with one attached hydrogen (secondary N) is 1. The molecule has 3 atom stereocenters. The van der Waals surface area contributed by atoms with Crippen LogP contribution in [0, 0.1) is 17.8 Å². The number of aliphatic hydroxyl groups excluding tert-OH is 1. The second kappa shape index (κ2) is 12.5. The molecule has 2 fully saturated rings. The summed E-state index contributed by atoms with van der Waals surface area (Å²) in [5.74, 6) is -1.24. The number of rotatable bonds is 10. The fourth-order valence-corrected chi connectivity index (χ4v) is 5.54. The van der Waals surface area contributed by atoms with Crippen molar-refractivity contribution in [3.63, 3.8) is 0 Å². The molecule has 0 bridgehead atoms. The van der Waals surface area contributed by atoms with Gasteiger partial charge in [-0.25, -0.2) is 9.18 Å². The minimum Gasteiger partial charge on any atom is -0.460 e. The summed E-state index contributed by atoms with van der Waals surface area (Å²) in [5, 5.41) is 12.4. The minimum absolute atomic E-state index is 0.0305. The van der Waals surface area contributed by atoms with Gasteiger partial charge in [0.05, 0.1) is 6.61 Å². The molecule has 2 aromatic rings. The average Bonchev–Trinajstić information content (AvgIpc) is 3.56. The fraction of sp³-hybridized carbons (Fsp3) is 0.536. The van der Waals surface area contributed by atoms with E-state index in [1.807, 2.05) is 0 Å². The van der Waals surface area contributed by atoms with Gasteiger partial charge in [-0.1, -0.05) is 6.08 Å². The van der Waals surface area contributed by atoms with E-state index >= 15 is 0 Å². The van der Waals surface area contributed by atoms with Gasteiger partial charge in [-0.3, -0.25) is 9.59 Å². The predicted molar refractivity (Wildman–Crippen MR) is 140 cm³/mol. The van der Waals surface area contributed by atoms with Crippen molar-refractivity contribution < 1.29 is 33.0 Å². The van der Waals surface area contributed by atoms with Crippen molar-refractivity contribution >= 4 is 34.4 Å². The van der Waals surface area contributed by atoms with Crippen LogP contribution in [-0.2, 0) is 14.3 Å². The van der Waals surface area contributed by atoms with Crippen molar-refractivity contribution in [1.29, 1.82) is 0 Å². The monoisotopic (exact) mass is 529 g/mol. The van der Waals surface area contributed by atoms with Gasteiger partial charge in [0, 0.05) is 48.5 Å². The number of nitrogens with zero attached hydrogens (tertiary/aromatic N) is 1. The molecular formula is C28H36FN3O6. The molecule has 1 aliphatic heterocycles. The number of furan rings is 1. The molecule has 1 aromatic heterocycles. The van der Waals surface area contributed by atoms with Crippen LogP contribution in [0.25, 0.3) is 11.0 Å². The third-order valence-corrected chi connectivity index (χ3v) is 7.72. The molecule has 1 saturated carbocycles. The number of likely N-dealkylation sites (tertiary alicyclic amines) is 1. The van der Waals surface area contributed by atoms with Crippen LogP contribution in [0.5, 0.6) is 0 Å². The number of hydrogen-bond acceptors (Lipinski definition) is 7. The minimum atomic E-state index is -0.678. The highest BCUT2D eigenvalue weighted by atomic mass is 19.1. The van der Waals surface area contributed by atoms with E-state index in [0.29, 0.717) is 61.7 Å². The quantitative estimate of drug-likeness (QED) is 0.244. The van der Waals surface area contributed by atoms with E-state index in [0.717, 1.165) is 0 Å². The van der Waals surface area contributed by atoms with Crippen LogP contribution in [0.2, 0.25) is 0 Å². The number of carbonyl (C=O) groups excluding carboxylic acids is 3. The summed E-state index contributed by atoms with van der Waals surface area (Å²) in [6.45, 7) is 3.80. The number of nitrogens with two attached hydrogens (primary N) is 1. The summed E-state index contributed by atoms with van der Waals surface area (Å²) in [6, 6.07) is 5.39. The van der Waals surface area contributed by atoms with Crippen LogP contribution in [0.15, 0.2) is 41.3 Å². The molecule has 4 N–H and O–H groups in total. The highest BCUT2D eigenvalue weighted by molar-refractivity contribution is 6.00. The maximum absolute atomic E-state index is 13.4. The third-order valence-electron chi connectivity index (χ3n) is 7.72. The highest BCUT2D eigenvalue weighted by Crippen LogP contribution is 2.35. The number of hydrogen-bond donors (Lipinski definition) is 3. The van der Waals surface area contributed by atoms with E-state index in [9.17, 15) is 18.8 Å². The lowest BCUT2D eigenvalue weighted by molar-refractivity contribution is -0.141. The predicted octanol–water partition coefficient (Wildman–Crippen LogP) is 3.42. The standard InChI is InChI=1S/C28H36FN3O6/c1-2-17-10-11-32(27(35)19-6-4-18(5-7-19)22(30)16-29)25(17)26(34)31-21-8-9-23-20(14-21)15-24(38-23)28(36)37-13-3-12-33/h2,8-9,14-15,17-19,22,25,33H,1,3-7,10-13,16,30H2,(H,31,34)/t17-,18?,19?,22+,25-/m0/s1. The number of fused-ring (bicyclic) bond motifs is 1. The van der Waals surface area contributed by atoms with Crippen LogP contribution in [0.3, 0.4) is 0 Å². The second-order valence-corrected chi connectivity index (χ2v) is 10.2. The van der Waals surface area contributed by atoms with Gasteiger partial charge in [-0.05, 0) is 62.3 Å². The smallest absolute Gasteiger partial charge is 0.374 e. The average molecular weight is 530 g/mol. The Kier molecular flexibility index (Phi) is 9.17. The normalized spacial score (nSPS) is 24.2. The zero-order valence-electron chi connectivity index (χ0n) is 21.4. The molecule has 0 unspecified atom stereocenters. The molecule has 2 heterocycles. The Balaban J connectivity index is 1.43. The Morgan fingerprint density at radius 2 is 2.00 bits per heavy atom. The first-order valence-electron chi connectivity index (χ1n) is 13.2. The molecule has 1 aliphatic carbocycles. The maximum atomic E-state index is 13.4.